The molecule has 0 saturated heterocycles. The minimum absolute atomic E-state index is 0.375. The first-order chi connectivity index (χ1) is 4.75. The first-order valence-electron chi connectivity index (χ1n) is 4.21. The summed E-state index contributed by atoms with van der Waals surface area (Å²) in [4.78, 5) is 10.5. The molecule has 0 radical (unpaired) electrons. The van der Waals surface area contributed by atoms with Crippen molar-refractivity contribution in [3.63, 3.8) is 0 Å². The third-order valence-corrected chi connectivity index (χ3v) is 2.66. The molecule has 10 heavy (non-hydrogen) atoms. The highest BCUT2D eigenvalue weighted by Gasteiger charge is 2.28. The zero-order chi connectivity index (χ0) is 7.56. The molecule has 1 fully saturated rings. The van der Waals surface area contributed by atoms with E-state index in [4.69, 9.17) is 0 Å². The van der Waals surface area contributed by atoms with E-state index in [-0.39, 0.29) is 0 Å². The van der Waals surface area contributed by atoms with Crippen molar-refractivity contribution in [3.8, 4) is 0 Å². The van der Waals surface area contributed by atoms with Gasteiger partial charge in [0.1, 0.15) is 6.29 Å². The molecule has 0 aromatic rings. The molecule has 0 heterocycles. The Bertz CT molecular complexity index is 118. The van der Waals surface area contributed by atoms with Crippen LogP contribution in [0.4, 0.5) is 0 Å². The Balaban J connectivity index is 2.49. The first kappa shape index (κ1) is 7.77. The maximum absolute atomic E-state index is 10.5. The van der Waals surface area contributed by atoms with E-state index in [1.165, 1.54) is 12.8 Å². The molecule has 0 aromatic carbocycles. The van der Waals surface area contributed by atoms with Crippen LogP contribution in [-0.4, -0.2) is 6.29 Å². The average molecular weight is 140 g/mol. The smallest absolute Gasteiger partial charge is 0.123 e. The molecular formula is C9H16O. The van der Waals surface area contributed by atoms with Gasteiger partial charge in [-0.1, -0.05) is 20.3 Å². The highest BCUT2D eigenvalue weighted by atomic mass is 16.1. The van der Waals surface area contributed by atoms with E-state index in [1.807, 2.05) is 0 Å². The quantitative estimate of drug-likeness (QED) is 0.538. The lowest BCUT2D eigenvalue weighted by Gasteiger charge is -2.17. The van der Waals surface area contributed by atoms with Crippen LogP contribution in [0.15, 0.2) is 0 Å². The van der Waals surface area contributed by atoms with Crippen molar-refractivity contribution >= 4 is 6.29 Å². The number of aldehydes is 1. The second kappa shape index (κ2) is 3.18. The van der Waals surface area contributed by atoms with Crippen molar-refractivity contribution in [1.82, 2.24) is 0 Å². The minimum atomic E-state index is 0.375. The van der Waals surface area contributed by atoms with Gasteiger partial charge in [-0.05, 0) is 24.7 Å². The minimum Gasteiger partial charge on any atom is -0.303 e. The van der Waals surface area contributed by atoms with Crippen LogP contribution in [0, 0.1) is 17.8 Å². The molecule has 0 N–H and O–H groups in total. The molecule has 0 amide bonds. The van der Waals surface area contributed by atoms with Gasteiger partial charge in [-0.3, -0.25) is 0 Å². The van der Waals surface area contributed by atoms with Crippen LogP contribution in [0.1, 0.15) is 33.1 Å². The average Bonchev–Trinajstić information content (AvgIpc) is 2.33. The van der Waals surface area contributed by atoms with Gasteiger partial charge in [-0.2, -0.15) is 0 Å². The van der Waals surface area contributed by atoms with Crippen LogP contribution in [0.3, 0.4) is 0 Å². The molecular weight excluding hydrogens is 124 g/mol. The molecule has 58 valence electrons. The highest BCUT2D eigenvalue weighted by molar-refractivity contribution is 5.54. The third-order valence-electron chi connectivity index (χ3n) is 2.66. The molecule has 2 unspecified atom stereocenters. The van der Waals surface area contributed by atoms with Gasteiger partial charge in [-0.25, -0.2) is 0 Å². The Morgan fingerprint density at radius 3 is 2.50 bits per heavy atom. The summed E-state index contributed by atoms with van der Waals surface area (Å²) >= 11 is 0. The van der Waals surface area contributed by atoms with Crippen molar-refractivity contribution < 1.29 is 4.79 Å². The molecule has 1 saturated carbocycles. The molecule has 1 rings (SSSR count). The SMILES string of the molecule is CC(C)C1CCCC1C=O. The van der Waals surface area contributed by atoms with Gasteiger partial charge in [0.05, 0.1) is 0 Å². The Hall–Kier alpha value is -0.330. The third kappa shape index (κ3) is 1.39. The van der Waals surface area contributed by atoms with Crippen LogP contribution in [0.5, 0.6) is 0 Å². The summed E-state index contributed by atoms with van der Waals surface area (Å²) in [5, 5.41) is 0. The second-order valence-corrected chi connectivity index (χ2v) is 3.64. The largest absolute Gasteiger partial charge is 0.303 e. The standard InChI is InChI=1S/C9H16O/c1-7(2)9-5-3-4-8(9)6-10/h6-9H,3-5H2,1-2H3. The molecule has 1 heteroatoms. The number of rotatable bonds is 2. The Morgan fingerprint density at radius 2 is 2.10 bits per heavy atom. The number of carbonyl (C=O) groups excluding carboxylic acids is 1. The van der Waals surface area contributed by atoms with Gasteiger partial charge in [-0.15, -0.1) is 0 Å². The number of hydrogen-bond acceptors (Lipinski definition) is 1. The lowest BCUT2D eigenvalue weighted by atomic mass is 9.87. The highest BCUT2D eigenvalue weighted by Crippen LogP contribution is 2.35. The lowest BCUT2D eigenvalue weighted by Crippen LogP contribution is -2.14. The van der Waals surface area contributed by atoms with Crippen molar-refractivity contribution in [3.05, 3.63) is 0 Å². The van der Waals surface area contributed by atoms with Crippen molar-refractivity contribution in [2.24, 2.45) is 17.8 Å². The summed E-state index contributed by atoms with van der Waals surface area (Å²) in [6, 6.07) is 0. The van der Waals surface area contributed by atoms with Crippen LogP contribution in [0.25, 0.3) is 0 Å². The van der Waals surface area contributed by atoms with E-state index in [2.05, 4.69) is 13.8 Å². The monoisotopic (exact) mass is 140 g/mol. The van der Waals surface area contributed by atoms with Crippen molar-refractivity contribution in [2.75, 3.05) is 0 Å². The fraction of sp³-hybridized carbons (Fsp3) is 0.889. The first-order valence-corrected chi connectivity index (χ1v) is 4.21. The zero-order valence-corrected chi connectivity index (χ0v) is 6.84. The van der Waals surface area contributed by atoms with E-state index in [0.29, 0.717) is 17.8 Å². The van der Waals surface area contributed by atoms with Crippen LogP contribution in [-0.2, 0) is 4.79 Å². The van der Waals surface area contributed by atoms with Gasteiger partial charge < -0.3 is 4.79 Å². The Kier molecular flexibility index (Phi) is 2.47. The van der Waals surface area contributed by atoms with Gasteiger partial charge in [0, 0.05) is 5.92 Å². The summed E-state index contributed by atoms with van der Waals surface area (Å²) in [5.74, 6) is 1.75. The van der Waals surface area contributed by atoms with Crippen molar-refractivity contribution in [2.45, 2.75) is 33.1 Å². The summed E-state index contributed by atoms with van der Waals surface area (Å²) in [6.07, 6.45) is 4.80. The molecule has 1 aliphatic rings. The second-order valence-electron chi connectivity index (χ2n) is 3.64. The van der Waals surface area contributed by atoms with E-state index in [1.54, 1.807) is 0 Å². The Morgan fingerprint density at radius 1 is 1.40 bits per heavy atom. The maximum atomic E-state index is 10.5. The van der Waals surface area contributed by atoms with Gasteiger partial charge in [0.25, 0.3) is 0 Å². The van der Waals surface area contributed by atoms with Crippen LogP contribution >= 0.6 is 0 Å². The van der Waals surface area contributed by atoms with E-state index in [9.17, 15) is 4.79 Å². The topological polar surface area (TPSA) is 17.1 Å². The zero-order valence-electron chi connectivity index (χ0n) is 6.84. The normalized spacial score (nSPS) is 33.1. The predicted molar refractivity (Wildman–Crippen MR) is 41.7 cm³/mol. The van der Waals surface area contributed by atoms with Gasteiger partial charge in [0.2, 0.25) is 0 Å². The molecule has 0 aliphatic heterocycles. The predicted octanol–water partition coefficient (Wildman–Crippen LogP) is 2.26. The summed E-state index contributed by atoms with van der Waals surface area (Å²) in [6.45, 7) is 4.43. The molecule has 0 bridgehead atoms. The Labute approximate surface area is 62.8 Å². The molecule has 2 atom stereocenters. The number of hydrogen-bond donors (Lipinski definition) is 0. The molecule has 1 aliphatic carbocycles. The van der Waals surface area contributed by atoms with Gasteiger partial charge in [0.15, 0.2) is 0 Å². The van der Waals surface area contributed by atoms with E-state index >= 15 is 0 Å². The molecule has 0 aromatic heterocycles. The van der Waals surface area contributed by atoms with Crippen LogP contribution < -0.4 is 0 Å². The number of carbonyl (C=O) groups is 1. The summed E-state index contributed by atoms with van der Waals surface area (Å²) in [7, 11) is 0. The molecule has 1 nitrogen and oxygen atoms in total. The fourth-order valence-electron chi connectivity index (χ4n) is 2.01. The molecule has 0 spiro atoms. The van der Waals surface area contributed by atoms with Crippen LogP contribution in [0.2, 0.25) is 0 Å². The summed E-state index contributed by atoms with van der Waals surface area (Å²) < 4.78 is 0. The summed E-state index contributed by atoms with van der Waals surface area (Å²) in [5.41, 5.74) is 0. The van der Waals surface area contributed by atoms with Gasteiger partial charge >= 0.3 is 0 Å². The van der Waals surface area contributed by atoms with E-state index in [0.717, 1.165) is 12.7 Å². The lowest BCUT2D eigenvalue weighted by molar-refractivity contribution is -0.112. The maximum Gasteiger partial charge on any atom is 0.123 e. The fourth-order valence-corrected chi connectivity index (χ4v) is 2.01. The van der Waals surface area contributed by atoms with Crippen molar-refractivity contribution in [1.29, 1.82) is 0 Å². The van der Waals surface area contributed by atoms with E-state index < -0.39 is 0 Å².